The third kappa shape index (κ3) is 2.90. The minimum atomic E-state index is -0.716. The second-order valence-corrected chi connectivity index (χ2v) is 5.95. The summed E-state index contributed by atoms with van der Waals surface area (Å²) in [5.41, 5.74) is -0.116. The van der Waals surface area contributed by atoms with E-state index in [1.54, 1.807) is 0 Å². The van der Waals surface area contributed by atoms with Gasteiger partial charge in [0.25, 0.3) is 5.91 Å². The number of rotatable bonds is 4. The van der Waals surface area contributed by atoms with E-state index in [9.17, 15) is 20.0 Å². The third-order valence-corrected chi connectivity index (χ3v) is 4.36. The van der Waals surface area contributed by atoms with E-state index in [2.05, 4.69) is 0 Å². The van der Waals surface area contributed by atoms with Crippen LogP contribution >= 0.6 is 24.0 Å². The van der Waals surface area contributed by atoms with Crippen molar-refractivity contribution >= 4 is 46.0 Å². The molecule has 0 bridgehead atoms. The largest absolute Gasteiger partial charge is 0.500 e. The summed E-state index contributed by atoms with van der Waals surface area (Å²) in [5.74, 6) is -0.829. The summed E-state index contributed by atoms with van der Waals surface area (Å²) in [7, 11) is 1.29. The number of carbonyl (C=O) groups is 1. The molecule has 1 N–H and O–H groups in total. The Balaban J connectivity index is 2.48. The van der Waals surface area contributed by atoms with Crippen molar-refractivity contribution in [3.63, 3.8) is 0 Å². The van der Waals surface area contributed by atoms with Crippen molar-refractivity contribution in [3.8, 4) is 11.5 Å². The quantitative estimate of drug-likeness (QED) is 0.389. The van der Waals surface area contributed by atoms with Gasteiger partial charge in [-0.3, -0.25) is 19.8 Å². The first-order valence-electron chi connectivity index (χ1n) is 6.19. The molecule has 1 aliphatic heterocycles. The van der Waals surface area contributed by atoms with Gasteiger partial charge in [-0.05, 0) is 24.6 Å². The molecule has 1 amide bonds. The molecule has 7 nitrogen and oxygen atoms in total. The van der Waals surface area contributed by atoms with E-state index in [1.807, 2.05) is 6.92 Å². The zero-order chi connectivity index (χ0) is 16.4. The number of thioether (sulfide) groups is 1. The van der Waals surface area contributed by atoms with Gasteiger partial charge in [-0.15, -0.1) is 0 Å². The lowest BCUT2D eigenvalue weighted by molar-refractivity contribution is -0.386. The summed E-state index contributed by atoms with van der Waals surface area (Å²) in [6.45, 7) is 2.27. The zero-order valence-electron chi connectivity index (χ0n) is 11.7. The minimum Gasteiger partial charge on any atom is -0.500 e. The first-order valence-corrected chi connectivity index (χ1v) is 7.42. The Labute approximate surface area is 135 Å². The fourth-order valence-electron chi connectivity index (χ4n) is 1.92. The molecule has 0 saturated carbocycles. The number of nitro groups is 1. The molecule has 1 saturated heterocycles. The first-order chi connectivity index (χ1) is 10.4. The highest BCUT2D eigenvalue weighted by Crippen LogP contribution is 2.39. The fraction of sp³-hybridized carbons (Fsp3) is 0.231. The molecule has 0 aromatic heterocycles. The van der Waals surface area contributed by atoms with Crippen LogP contribution in [0.4, 0.5) is 5.69 Å². The number of benzene rings is 1. The molecule has 1 aromatic rings. The van der Waals surface area contributed by atoms with Crippen molar-refractivity contribution in [2.24, 2.45) is 0 Å². The first kappa shape index (κ1) is 16.2. The minimum absolute atomic E-state index is 0.0357. The van der Waals surface area contributed by atoms with Gasteiger partial charge in [0.2, 0.25) is 5.75 Å². The second-order valence-electron chi connectivity index (χ2n) is 4.27. The fourth-order valence-corrected chi connectivity index (χ4v) is 3.30. The van der Waals surface area contributed by atoms with Crippen molar-refractivity contribution in [1.82, 2.24) is 4.90 Å². The normalized spacial score (nSPS) is 16.5. The monoisotopic (exact) mass is 340 g/mol. The molecule has 0 aliphatic carbocycles. The highest BCUT2D eigenvalue weighted by atomic mass is 32.2. The van der Waals surface area contributed by atoms with E-state index >= 15 is 0 Å². The smallest absolute Gasteiger partial charge is 0.315 e. The highest BCUT2D eigenvalue weighted by molar-refractivity contribution is 8.26. The number of methoxy groups -OCH3 is 1. The lowest BCUT2D eigenvalue weighted by Crippen LogP contribution is -2.27. The lowest BCUT2D eigenvalue weighted by atomic mass is 10.1. The van der Waals surface area contributed by atoms with Crippen molar-refractivity contribution in [1.29, 1.82) is 0 Å². The van der Waals surface area contributed by atoms with Crippen LogP contribution in [0.25, 0.3) is 6.08 Å². The summed E-state index contributed by atoms with van der Waals surface area (Å²) in [5, 5.41) is 20.7. The Morgan fingerprint density at radius 3 is 2.73 bits per heavy atom. The Bertz CT molecular complexity index is 702. The van der Waals surface area contributed by atoms with Crippen molar-refractivity contribution < 1.29 is 19.6 Å². The van der Waals surface area contributed by atoms with Crippen molar-refractivity contribution in [2.75, 3.05) is 13.7 Å². The number of carbonyl (C=O) groups excluding carboxylic acids is 1. The van der Waals surface area contributed by atoms with Crippen LogP contribution < -0.4 is 4.74 Å². The Morgan fingerprint density at radius 1 is 1.55 bits per heavy atom. The summed E-state index contributed by atoms with van der Waals surface area (Å²) in [6.07, 6.45) is 1.49. The SMILES string of the molecule is CCN1C(=O)C(=Cc2cc(OC)c(O)c([N+](=O)[O-])c2)SC1=S. The van der Waals surface area contributed by atoms with Crippen LogP contribution in [0.5, 0.6) is 11.5 Å². The molecule has 0 spiro atoms. The van der Waals surface area contributed by atoms with Crippen LogP contribution in [0, 0.1) is 10.1 Å². The van der Waals surface area contributed by atoms with Crippen LogP contribution in [0.2, 0.25) is 0 Å². The van der Waals surface area contributed by atoms with E-state index in [0.29, 0.717) is 21.3 Å². The van der Waals surface area contributed by atoms with Crippen LogP contribution in [-0.4, -0.2) is 38.8 Å². The maximum absolute atomic E-state index is 12.1. The van der Waals surface area contributed by atoms with Crippen LogP contribution in [0.3, 0.4) is 0 Å². The van der Waals surface area contributed by atoms with Gasteiger partial charge >= 0.3 is 5.69 Å². The highest BCUT2D eigenvalue weighted by Gasteiger charge is 2.31. The van der Waals surface area contributed by atoms with Gasteiger partial charge in [-0.25, -0.2) is 0 Å². The molecular formula is C13H12N2O5S2. The summed E-state index contributed by atoms with van der Waals surface area (Å²) in [6, 6.07) is 2.59. The van der Waals surface area contributed by atoms with E-state index in [1.165, 1.54) is 30.2 Å². The molecule has 116 valence electrons. The molecule has 0 atom stereocenters. The number of nitro benzene ring substituents is 1. The number of nitrogens with zero attached hydrogens (tertiary/aromatic N) is 2. The van der Waals surface area contributed by atoms with Gasteiger partial charge in [-0.1, -0.05) is 24.0 Å². The van der Waals surface area contributed by atoms with Crippen molar-refractivity contribution in [2.45, 2.75) is 6.92 Å². The third-order valence-electron chi connectivity index (χ3n) is 2.98. The van der Waals surface area contributed by atoms with E-state index < -0.39 is 16.4 Å². The summed E-state index contributed by atoms with van der Waals surface area (Å²) in [4.78, 5) is 24.2. The van der Waals surface area contributed by atoms with Gasteiger partial charge in [0, 0.05) is 12.6 Å². The number of aromatic hydroxyl groups is 1. The molecule has 0 unspecified atom stereocenters. The lowest BCUT2D eigenvalue weighted by Gasteiger charge is -2.09. The van der Waals surface area contributed by atoms with Gasteiger partial charge in [0.15, 0.2) is 5.75 Å². The van der Waals surface area contributed by atoms with Crippen molar-refractivity contribution in [3.05, 3.63) is 32.7 Å². The molecule has 22 heavy (non-hydrogen) atoms. The summed E-state index contributed by atoms with van der Waals surface area (Å²) >= 11 is 6.23. The molecule has 2 rings (SSSR count). The molecule has 1 aromatic carbocycles. The van der Waals surface area contributed by atoms with E-state index in [-0.39, 0.29) is 11.7 Å². The maximum atomic E-state index is 12.1. The van der Waals surface area contributed by atoms with Gasteiger partial charge < -0.3 is 9.84 Å². The standard InChI is InChI=1S/C13H12N2O5S2/c1-3-14-12(17)10(22-13(14)21)6-7-4-8(15(18)19)11(16)9(5-7)20-2/h4-6,16H,3H2,1-2H3. The number of likely N-dealkylation sites (N-methyl/N-ethyl adjacent to an activating group) is 1. The number of phenols is 1. The molecule has 1 fully saturated rings. The molecule has 0 radical (unpaired) electrons. The number of amides is 1. The Kier molecular flexibility index (Phi) is 4.67. The average molecular weight is 340 g/mol. The summed E-state index contributed by atoms with van der Waals surface area (Å²) < 4.78 is 5.36. The van der Waals surface area contributed by atoms with Gasteiger partial charge in [-0.2, -0.15) is 0 Å². The zero-order valence-corrected chi connectivity index (χ0v) is 13.4. The predicted octanol–water partition coefficient (Wildman–Crippen LogP) is 2.53. The average Bonchev–Trinajstić information content (AvgIpc) is 2.74. The number of thiocarbonyl (C=S) groups is 1. The number of hydrogen-bond acceptors (Lipinski definition) is 7. The molecule has 9 heteroatoms. The Hall–Kier alpha value is -2.13. The van der Waals surface area contributed by atoms with Crippen LogP contribution in [-0.2, 0) is 4.79 Å². The second kappa shape index (κ2) is 6.32. The number of hydrogen-bond donors (Lipinski definition) is 1. The molecular weight excluding hydrogens is 328 g/mol. The topological polar surface area (TPSA) is 92.9 Å². The van der Waals surface area contributed by atoms with Gasteiger partial charge in [0.05, 0.1) is 16.9 Å². The maximum Gasteiger partial charge on any atom is 0.315 e. The van der Waals surface area contributed by atoms with Crippen LogP contribution in [0.15, 0.2) is 17.0 Å². The van der Waals surface area contributed by atoms with Crippen LogP contribution in [0.1, 0.15) is 12.5 Å². The van der Waals surface area contributed by atoms with E-state index in [4.69, 9.17) is 17.0 Å². The number of ether oxygens (including phenoxy) is 1. The Morgan fingerprint density at radius 2 is 2.23 bits per heavy atom. The number of phenolic OH excluding ortho intramolecular Hbond substituents is 1. The predicted molar refractivity (Wildman–Crippen MR) is 86.9 cm³/mol. The molecule has 1 aliphatic rings. The molecule has 1 heterocycles. The van der Waals surface area contributed by atoms with Gasteiger partial charge in [0.1, 0.15) is 4.32 Å². The van der Waals surface area contributed by atoms with E-state index in [0.717, 1.165) is 11.8 Å².